The van der Waals surface area contributed by atoms with Crippen LogP contribution >= 0.6 is 0 Å². The first-order valence-corrected chi connectivity index (χ1v) is 6.34. The number of anilines is 1. The van der Waals surface area contributed by atoms with Crippen LogP contribution in [-0.2, 0) is 4.74 Å². The number of nitrogens with one attached hydrogen (secondary N) is 1. The van der Waals surface area contributed by atoms with E-state index >= 15 is 0 Å². The molecule has 1 aliphatic carbocycles. The van der Waals surface area contributed by atoms with Gasteiger partial charge in [0.15, 0.2) is 0 Å². The molecule has 20 heavy (non-hydrogen) atoms. The lowest BCUT2D eigenvalue weighted by Crippen LogP contribution is -2.30. The standard InChI is InChI=1S/C13H16N2O5/c1-20-11-7-3-5-9(11)14-12-8(13(16)17)4-2-6-10(12)15(18)19/h2,4,6,9,11,14H,3,5,7H2,1H3,(H,16,17). The Morgan fingerprint density at radius 1 is 1.50 bits per heavy atom. The van der Waals surface area contributed by atoms with E-state index in [0.29, 0.717) is 0 Å². The maximum Gasteiger partial charge on any atom is 0.338 e. The Morgan fingerprint density at radius 3 is 2.85 bits per heavy atom. The van der Waals surface area contributed by atoms with Gasteiger partial charge in [-0.25, -0.2) is 4.79 Å². The Balaban J connectivity index is 2.37. The predicted octanol–water partition coefficient (Wildman–Crippen LogP) is 2.27. The molecule has 0 bridgehead atoms. The van der Waals surface area contributed by atoms with Crippen molar-refractivity contribution < 1.29 is 19.6 Å². The topological polar surface area (TPSA) is 102 Å². The summed E-state index contributed by atoms with van der Waals surface area (Å²) in [6.07, 6.45) is 2.54. The monoisotopic (exact) mass is 280 g/mol. The fourth-order valence-electron chi connectivity index (χ4n) is 2.58. The zero-order chi connectivity index (χ0) is 14.7. The van der Waals surface area contributed by atoms with Gasteiger partial charge in [0.25, 0.3) is 5.69 Å². The smallest absolute Gasteiger partial charge is 0.338 e. The Labute approximate surface area is 115 Å². The van der Waals surface area contributed by atoms with Crippen LogP contribution in [0, 0.1) is 10.1 Å². The summed E-state index contributed by atoms with van der Waals surface area (Å²) in [5.41, 5.74) is -0.272. The SMILES string of the molecule is COC1CCCC1Nc1c(C(=O)O)cccc1[N+](=O)[O-]. The van der Waals surface area contributed by atoms with Gasteiger partial charge in [-0.3, -0.25) is 10.1 Å². The number of benzene rings is 1. The van der Waals surface area contributed by atoms with E-state index in [1.807, 2.05) is 0 Å². The minimum atomic E-state index is -1.19. The number of carbonyl (C=O) groups is 1. The third kappa shape index (κ3) is 2.72. The van der Waals surface area contributed by atoms with Crippen molar-refractivity contribution in [2.75, 3.05) is 12.4 Å². The fourth-order valence-corrected chi connectivity index (χ4v) is 2.58. The van der Waals surface area contributed by atoms with Gasteiger partial charge in [-0.05, 0) is 25.3 Å². The molecular weight excluding hydrogens is 264 g/mol. The summed E-state index contributed by atoms with van der Waals surface area (Å²) >= 11 is 0. The number of nitrogens with zero attached hydrogens (tertiary/aromatic N) is 1. The Bertz CT molecular complexity index is 499. The number of carboxylic acids is 1. The van der Waals surface area contributed by atoms with Crippen molar-refractivity contribution in [1.82, 2.24) is 0 Å². The molecule has 7 nitrogen and oxygen atoms in total. The molecular formula is C13H16N2O5. The second-order valence-electron chi connectivity index (χ2n) is 4.72. The van der Waals surface area contributed by atoms with Crippen molar-refractivity contribution in [2.45, 2.75) is 31.4 Å². The molecule has 2 N–H and O–H groups in total. The highest BCUT2D eigenvalue weighted by Crippen LogP contribution is 2.32. The van der Waals surface area contributed by atoms with Crippen molar-refractivity contribution in [3.05, 3.63) is 33.9 Å². The molecule has 0 radical (unpaired) electrons. The minimum Gasteiger partial charge on any atom is -0.478 e. The summed E-state index contributed by atoms with van der Waals surface area (Å²) in [6.45, 7) is 0. The van der Waals surface area contributed by atoms with E-state index in [1.165, 1.54) is 18.2 Å². The molecule has 0 aliphatic heterocycles. The van der Waals surface area contributed by atoms with E-state index in [2.05, 4.69) is 5.32 Å². The number of rotatable bonds is 5. The van der Waals surface area contributed by atoms with Gasteiger partial charge < -0.3 is 15.2 Å². The molecule has 0 aromatic heterocycles. The zero-order valence-corrected chi connectivity index (χ0v) is 11.0. The van der Waals surface area contributed by atoms with E-state index in [0.717, 1.165) is 19.3 Å². The lowest BCUT2D eigenvalue weighted by atomic mass is 10.1. The van der Waals surface area contributed by atoms with Gasteiger partial charge in [-0.1, -0.05) is 6.07 Å². The third-order valence-electron chi connectivity index (χ3n) is 3.55. The van der Waals surface area contributed by atoms with Gasteiger partial charge in [-0.2, -0.15) is 0 Å². The van der Waals surface area contributed by atoms with Crippen molar-refractivity contribution >= 4 is 17.3 Å². The number of methoxy groups -OCH3 is 1. The number of hydrogen-bond acceptors (Lipinski definition) is 5. The first-order valence-electron chi connectivity index (χ1n) is 6.34. The molecule has 1 fully saturated rings. The molecule has 1 aromatic rings. The molecule has 7 heteroatoms. The number of aromatic carboxylic acids is 1. The molecule has 2 rings (SSSR count). The Morgan fingerprint density at radius 2 is 2.25 bits per heavy atom. The zero-order valence-electron chi connectivity index (χ0n) is 11.0. The highest BCUT2D eigenvalue weighted by molar-refractivity contribution is 5.96. The normalized spacial score (nSPS) is 21.6. The van der Waals surface area contributed by atoms with E-state index < -0.39 is 10.9 Å². The summed E-state index contributed by atoms with van der Waals surface area (Å²) in [6, 6.07) is 3.91. The van der Waals surface area contributed by atoms with Crippen LogP contribution < -0.4 is 5.32 Å². The van der Waals surface area contributed by atoms with Crippen LogP contribution in [0.25, 0.3) is 0 Å². The first-order chi connectivity index (χ1) is 9.54. The summed E-state index contributed by atoms with van der Waals surface area (Å²) in [7, 11) is 1.59. The fraction of sp³-hybridized carbons (Fsp3) is 0.462. The summed E-state index contributed by atoms with van der Waals surface area (Å²) in [5, 5.41) is 23.2. The number of hydrogen-bond donors (Lipinski definition) is 2. The van der Waals surface area contributed by atoms with Gasteiger partial charge in [0, 0.05) is 13.2 Å². The van der Waals surface area contributed by atoms with Crippen molar-refractivity contribution in [2.24, 2.45) is 0 Å². The van der Waals surface area contributed by atoms with Gasteiger partial charge in [0.2, 0.25) is 0 Å². The molecule has 2 unspecified atom stereocenters. The highest BCUT2D eigenvalue weighted by Gasteiger charge is 2.31. The highest BCUT2D eigenvalue weighted by atomic mass is 16.6. The lowest BCUT2D eigenvalue weighted by Gasteiger charge is -2.21. The molecule has 0 saturated heterocycles. The van der Waals surface area contributed by atoms with Crippen LogP contribution in [0.4, 0.5) is 11.4 Å². The second kappa shape index (κ2) is 5.87. The van der Waals surface area contributed by atoms with Gasteiger partial charge in [0.05, 0.1) is 22.6 Å². The molecule has 0 spiro atoms. The van der Waals surface area contributed by atoms with Crippen LogP contribution in [0.15, 0.2) is 18.2 Å². The van der Waals surface area contributed by atoms with Crippen LogP contribution in [-0.4, -0.2) is 35.3 Å². The molecule has 0 heterocycles. The predicted molar refractivity (Wildman–Crippen MR) is 72.1 cm³/mol. The largest absolute Gasteiger partial charge is 0.478 e. The molecule has 1 saturated carbocycles. The number of para-hydroxylation sites is 1. The van der Waals surface area contributed by atoms with Crippen LogP contribution in [0.2, 0.25) is 0 Å². The van der Waals surface area contributed by atoms with Crippen molar-refractivity contribution in [1.29, 1.82) is 0 Å². The Hall–Kier alpha value is -2.15. The first kappa shape index (κ1) is 14.3. The van der Waals surface area contributed by atoms with Crippen LogP contribution in [0.1, 0.15) is 29.6 Å². The molecule has 1 aromatic carbocycles. The van der Waals surface area contributed by atoms with Crippen LogP contribution in [0.5, 0.6) is 0 Å². The van der Waals surface area contributed by atoms with E-state index in [9.17, 15) is 20.0 Å². The number of ether oxygens (including phenoxy) is 1. The minimum absolute atomic E-state index is 0.0546. The lowest BCUT2D eigenvalue weighted by molar-refractivity contribution is -0.384. The molecule has 1 aliphatic rings. The third-order valence-corrected chi connectivity index (χ3v) is 3.55. The number of nitro benzene ring substituents is 1. The van der Waals surface area contributed by atoms with Gasteiger partial charge in [-0.15, -0.1) is 0 Å². The Kier molecular flexibility index (Phi) is 4.19. The molecule has 108 valence electrons. The summed E-state index contributed by atoms with van der Waals surface area (Å²) < 4.78 is 5.32. The number of nitro groups is 1. The average molecular weight is 280 g/mol. The molecule has 2 atom stereocenters. The van der Waals surface area contributed by atoms with Gasteiger partial charge >= 0.3 is 5.97 Å². The summed E-state index contributed by atoms with van der Waals surface area (Å²) in [4.78, 5) is 21.7. The summed E-state index contributed by atoms with van der Waals surface area (Å²) in [5.74, 6) is -1.19. The van der Waals surface area contributed by atoms with E-state index in [4.69, 9.17) is 4.74 Å². The average Bonchev–Trinajstić information content (AvgIpc) is 2.85. The van der Waals surface area contributed by atoms with E-state index in [1.54, 1.807) is 7.11 Å². The quantitative estimate of drug-likeness (QED) is 0.633. The molecule has 0 amide bonds. The van der Waals surface area contributed by atoms with Gasteiger partial charge in [0.1, 0.15) is 5.69 Å². The number of carboxylic acid groups (broad SMARTS) is 1. The maximum atomic E-state index is 11.2. The van der Waals surface area contributed by atoms with Crippen LogP contribution in [0.3, 0.4) is 0 Å². The van der Waals surface area contributed by atoms with Crippen molar-refractivity contribution in [3.8, 4) is 0 Å². The second-order valence-corrected chi connectivity index (χ2v) is 4.72. The van der Waals surface area contributed by atoms with Crippen molar-refractivity contribution in [3.63, 3.8) is 0 Å². The van der Waals surface area contributed by atoms with E-state index in [-0.39, 0.29) is 29.1 Å². The maximum absolute atomic E-state index is 11.2.